The molecular weight excluding hydrogens is 298 g/mol. The highest BCUT2D eigenvalue weighted by atomic mass is 35.5. The number of amides is 1. The standard InChI is InChI=1S/C18H18ClNO2/c19-17-9-5-4-8-16(17)15-10-11-20(12-15)18(21)22-13-14-6-2-1-3-7-14/h1-9,15H,10-13H2. The fourth-order valence-electron chi connectivity index (χ4n) is 2.80. The van der Waals surface area contributed by atoms with Crippen molar-refractivity contribution < 1.29 is 9.53 Å². The van der Waals surface area contributed by atoms with Crippen LogP contribution in [-0.4, -0.2) is 24.1 Å². The van der Waals surface area contributed by atoms with E-state index in [9.17, 15) is 4.79 Å². The van der Waals surface area contributed by atoms with Gasteiger partial charge in [-0.3, -0.25) is 0 Å². The second-order valence-electron chi connectivity index (χ2n) is 5.49. The molecule has 0 bridgehead atoms. The molecule has 4 heteroatoms. The van der Waals surface area contributed by atoms with Crippen LogP contribution in [0.1, 0.15) is 23.5 Å². The molecule has 0 N–H and O–H groups in total. The molecule has 1 atom stereocenters. The second-order valence-corrected chi connectivity index (χ2v) is 5.90. The van der Waals surface area contributed by atoms with Gasteiger partial charge in [-0.05, 0) is 23.6 Å². The number of halogens is 1. The number of carbonyl (C=O) groups excluding carboxylic acids is 1. The lowest BCUT2D eigenvalue weighted by molar-refractivity contribution is 0.104. The van der Waals surface area contributed by atoms with E-state index in [1.165, 1.54) is 0 Å². The van der Waals surface area contributed by atoms with E-state index in [0.29, 0.717) is 19.7 Å². The summed E-state index contributed by atoms with van der Waals surface area (Å²) in [6.07, 6.45) is 0.669. The highest BCUT2D eigenvalue weighted by molar-refractivity contribution is 6.31. The number of likely N-dealkylation sites (tertiary alicyclic amines) is 1. The molecule has 22 heavy (non-hydrogen) atoms. The molecule has 0 aromatic heterocycles. The first-order valence-corrected chi connectivity index (χ1v) is 7.82. The Balaban J connectivity index is 1.56. The summed E-state index contributed by atoms with van der Waals surface area (Å²) in [7, 11) is 0. The van der Waals surface area contributed by atoms with Crippen LogP contribution < -0.4 is 0 Å². The fourth-order valence-corrected chi connectivity index (χ4v) is 3.09. The topological polar surface area (TPSA) is 29.5 Å². The quantitative estimate of drug-likeness (QED) is 0.836. The van der Waals surface area contributed by atoms with E-state index < -0.39 is 0 Å². The van der Waals surface area contributed by atoms with E-state index in [1.54, 1.807) is 4.90 Å². The Kier molecular flexibility index (Phi) is 4.64. The van der Waals surface area contributed by atoms with Gasteiger partial charge in [-0.2, -0.15) is 0 Å². The zero-order valence-corrected chi connectivity index (χ0v) is 13.0. The van der Waals surface area contributed by atoms with Crippen molar-refractivity contribution in [2.45, 2.75) is 18.9 Å². The molecule has 0 spiro atoms. The van der Waals surface area contributed by atoms with Crippen molar-refractivity contribution in [1.29, 1.82) is 0 Å². The third-order valence-corrected chi connectivity index (χ3v) is 4.34. The predicted octanol–water partition coefficient (Wildman–Crippen LogP) is 4.47. The molecule has 114 valence electrons. The molecular formula is C18H18ClNO2. The zero-order valence-electron chi connectivity index (χ0n) is 12.2. The van der Waals surface area contributed by atoms with E-state index in [-0.39, 0.29) is 12.0 Å². The van der Waals surface area contributed by atoms with Gasteiger partial charge in [0.2, 0.25) is 0 Å². The first-order valence-electron chi connectivity index (χ1n) is 7.44. The van der Waals surface area contributed by atoms with Crippen molar-refractivity contribution in [3.63, 3.8) is 0 Å². The highest BCUT2D eigenvalue weighted by Crippen LogP contribution is 2.32. The van der Waals surface area contributed by atoms with E-state index in [1.807, 2.05) is 54.6 Å². The molecule has 2 aromatic rings. The number of hydrogen-bond donors (Lipinski definition) is 0. The Bertz CT molecular complexity index is 645. The first-order chi connectivity index (χ1) is 10.7. The fraction of sp³-hybridized carbons (Fsp3) is 0.278. The van der Waals surface area contributed by atoms with Crippen LogP contribution in [0.4, 0.5) is 4.79 Å². The molecule has 1 amide bonds. The third kappa shape index (κ3) is 3.42. The zero-order chi connectivity index (χ0) is 15.4. The van der Waals surface area contributed by atoms with E-state index in [0.717, 1.165) is 22.6 Å². The molecule has 3 nitrogen and oxygen atoms in total. The lowest BCUT2D eigenvalue weighted by atomic mass is 9.98. The summed E-state index contributed by atoms with van der Waals surface area (Å²) in [5, 5.41) is 0.770. The number of hydrogen-bond acceptors (Lipinski definition) is 2. The van der Waals surface area contributed by atoms with E-state index in [2.05, 4.69) is 0 Å². The summed E-state index contributed by atoms with van der Waals surface area (Å²) < 4.78 is 5.38. The van der Waals surface area contributed by atoms with E-state index in [4.69, 9.17) is 16.3 Å². The van der Waals surface area contributed by atoms with Crippen LogP contribution in [0, 0.1) is 0 Å². The minimum atomic E-state index is -0.251. The van der Waals surface area contributed by atoms with Crippen molar-refractivity contribution in [2.75, 3.05) is 13.1 Å². The molecule has 1 heterocycles. The number of ether oxygens (including phenoxy) is 1. The molecule has 1 aliphatic rings. The molecule has 1 aliphatic heterocycles. The molecule has 3 rings (SSSR count). The Morgan fingerprint density at radius 1 is 1.14 bits per heavy atom. The minimum absolute atomic E-state index is 0.251. The summed E-state index contributed by atoms with van der Waals surface area (Å²) >= 11 is 6.24. The van der Waals surface area contributed by atoms with Crippen LogP contribution in [-0.2, 0) is 11.3 Å². The Labute approximate surface area is 135 Å². The Hall–Kier alpha value is -2.00. The Morgan fingerprint density at radius 2 is 1.86 bits per heavy atom. The largest absolute Gasteiger partial charge is 0.445 e. The molecule has 1 unspecified atom stereocenters. The van der Waals surface area contributed by atoms with Crippen molar-refractivity contribution in [3.05, 3.63) is 70.7 Å². The highest BCUT2D eigenvalue weighted by Gasteiger charge is 2.29. The van der Waals surface area contributed by atoms with Gasteiger partial charge in [-0.1, -0.05) is 60.1 Å². The predicted molar refractivity (Wildman–Crippen MR) is 87.0 cm³/mol. The van der Waals surface area contributed by atoms with Crippen LogP contribution in [0.3, 0.4) is 0 Å². The SMILES string of the molecule is O=C(OCc1ccccc1)N1CCC(c2ccccc2Cl)C1. The first kappa shape index (κ1) is 14.9. The molecule has 0 aliphatic carbocycles. The van der Waals surface area contributed by atoms with Gasteiger partial charge in [0.25, 0.3) is 0 Å². The number of nitrogens with zero attached hydrogens (tertiary/aromatic N) is 1. The van der Waals surface area contributed by atoms with Crippen molar-refractivity contribution in [2.24, 2.45) is 0 Å². The average Bonchev–Trinajstić information content (AvgIpc) is 3.04. The maximum absolute atomic E-state index is 12.2. The van der Waals surface area contributed by atoms with Gasteiger partial charge in [0.1, 0.15) is 6.61 Å². The molecule has 1 fully saturated rings. The van der Waals surface area contributed by atoms with Gasteiger partial charge in [-0.15, -0.1) is 0 Å². The summed E-state index contributed by atoms with van der Waals surface area (Å²) in [6, 6.07) is 17.6. The maximum atomic E-state index is 12.2. The summed E-state index contributed by atoms with van der Waals surface area (Å²) in [5.74, 6) is 0.290. The van der Waals surface area contributed by atoms with Crippen molar-refractivity contribution in [3.8, 4) is 0 Å². The van der Waals surface area contributed by atoms with Crippen LogP contribution in [0.2, 0.25) is 5.02 Å². The third-order valence-electron chi connectivity index (χ3n) is 4.00. The summed E-state index contributed by atoms with van der Waals surface area (Å²) in [6.45, 7) is 1.69. The van der Waals surface area contributed by atoms with Gasteiger partial charge >= 0.3 is 6.09 Å². The normalized spacial score (nSPS) is 17.5. The Morgan fingerprint density at radius 3 is 2.64 bits per heavy atom. The van der Waals surface area contributed by atoms with Crippen LogP contribution in [0.15, 0.2) is 54.6 Å². The molecule has 2 aromatic carbocycles. The van der Waals surface area contributed by atoms with Crippen LogP contribution in [0.25, 0.3) is 0 Å². The van der Waals surface area contributed by atoms with Crippen molar-refractivity contribution >= 4 is 17.7 Å². The van der Waals surface area contributed by atoms with E-state index >= 15 is 0 Å². The molecule has 0 radical (unpaired) electrons. The number of rotatable bonds is 3. The van der Waals surface area contributed by atoms with Gasteiger partial charge in [0.15, 0.2) is 0 Å². The number of carbonyl (C=O) groups is 1. The average molecular weight is 316 g/mol. The summed E-state index contributed by atoms with van der Waals surface area (Å²) in [5.41, 5.74) is 2.11. The lowest BCUT2D eigenvalue weighted by Crippen LogP contribution is -2.29. The van der Waals surface area contributed by atoms with Crippen LogP contribution in [0.5, 0.6) is 0 Å². The van der Waals surface area contributed by atoms with Gasteiger partial charge in [-0.25, -0.2) is 4.79 Å². The van der Waals surface area contributed by atoms with Gasteiger partial charge in [0.05, 0.1) is 0 Å². The van der Waals surface area contributed by atoms with Crippen LogP contribution >= 0.6 is 11.6 Å². The van der Waals surface area contributed by atoms with Crippen molar-refractivity contribution in [1.82, 2.24) is 4.90 Å². The monoisotopic (exact) mass is 315 g/mol. The molecule has 0 saturated carbocycles. The number of benzene rings is 2. The maximum Gasteiger partial charge on any atom is 0.410 e. The lowest BCUT2D eigenvalue weighted by Gasteiger charge is -2.17. The van der Waals surface area contributed by atoms with Gasteiger partial charge in [0, 0.05) is 24.0 Å². The molecule has 1 saturated heterocycles. The second kappa shape index (κ2) is 6.84. The van der Waals surface area contributed by atoms with Gasteiger partial charge < -0.3 is 9.64 Å². The minimum Gasteiger partial charge on any atom is -0.445 e. The summed E-state index contributed by atoms with van der Waals surface area (Å²) in [4.78, 5) is 13.9. The smallest absolute Gasteiger partial charge is 0.410 e.